The molecule has 0 fully saturated rings. The number of fused-ring (bicyclic) bond motifs is 1. The molecule has 0 radical (unpaired) electrons. The number of hydrogen-bond acceptors (Lipinski definition) is 5. The molecular weight excluding hydrogens is 354 g/mol. The minimum absolute atomic E-state index is 0.275. The van der Waals surface area contributed by atoms with Crippen LogP contribution in [0.15, 0.2) is 60.8 Å². The van der Waals surface area contributed by atoms with Gasteiger partial charge < -0.3 is 10.1 Å². The molecule has 0 unspecified atom stereocenters. The van der Waals surface area contributed by atoms with Gasteiger partial charge in [0, 0.05) is 23.6 Å². The molecule has 3 aromatic heterocycles. The van der Waals surface area contributed by atoms with Crippen LogP contribution in [0.5, 0.6) is 5.75 Å². The van der Waals surface area contributed by atoms with Gasteiger partial charge >= 0.3 is 0 Å². The highest BCUT2D eigenvalue weighted by atomic mass is 16.5. The number of aryl methyl sites for hydroxylation is 1. The molecule has 0 spiro atoms. The third-order valence-electron chi connectivity index (χ3n) is 4.37. The fourth-order valence-electron chi connectivity index (χ4n) is 2.91. The summed E-state index contributed by atoms with van der Waals surface area (Å²) in [5.41, 5.74) is 4.00. The number of benzene rings is 1. The lowest BCUT2D eigenvalue weighted by Crippen LogP contribution is -2.15. The van der Waals surface area contributed by atoms with E-state index in [0.29, 0.717) is 23.4 Å². The summed E-state index contributed by atoms with van der Waals surface area (Å²) >= 11 is 0. The summed E-state index contributed by atoms with van der Waals surface area (Å²) in [4.78, 5) is 21.5. The van der Waals surface area contributed by atoms with E-state index in [1.807, 2.05) is 31.2 Å². The first-order valence-electron chi connectivity index (χ1n) is 8.94. The smallest absolute Gasteiger partial charge is 0.274 e. The zero-order chi connectivity index (χ0) is 19.5. The van der Waals surface area contributed by atoms with Crippen LogP contribution >= 0.6 is 0 Å². The number of nitrogens with zero attached hydrogens (tertiary/aromatic N) is 4. The van der Waals surface area contributed by atoms with Gasteiger partial charge in [-0.3, -0.25) is 9.78 Å². The first-order valence-corrected chi connectivity index (χ1v) is 8.94. The predicted molar refractivity (Wildman–Crippen MR) is 107 cm³/mol. The predicted octanol–water partition coefficient (Wildman–Crippen LogP) is 3.61. The SMILES string of the molecule is CCc1cc(C(=O)Nc2ccc(OC)cc2)nc2cc(-c3ccccn3)nn12. The molecule has 7 nitrogen and oxygen atoms in total. The summed E-state index contributed by atoms with van der Waals surface area (Å²) < 4.78 is 6.89. The number of carbonyl (C=O) groups excluding carboxylic acids is 1. The third kappa shape index (κ3) is 3.42. The number of pyridine rings is 1. The molecule has 0 aliphatic rings. The molecule has 4 aromatic rings. The lowest BCUT2D eigenvalue weighted by molar-refractivity contribution is 0.102. The van der Waals surface area contributed by atoms with Gasteiger partial charge in [-0.15, -0.1) is 0 Å². The van der Waals surface area contributed by atoms with Gasteiger partial charge in [-0.25, -0.2) is 9.50 Å². The van der Waals surface area contributed by atoms with E-state index in [9.17, 15) is 4.79 Å². The fourth-order valence-corrected chi connectivity index (χ4v) is 2.91. The highest BCUT2D eigenvalue weighted by Gasteiger charge is 2.15. The van der Waals surface area contributed by atoms with Crippen molar-refractivity contribution in [2.45, 2.75) is 13.3 Å². The first kappa shape index (κ1) is 17.7. The van der Waals surface area contributed by atoms with E-state index in [-0.39, 0.29) is 5.91 Å². The molecule has 1 aromatic carbocycles. The van der Waals surface area contributed by atoms with Crippen LogP contribution in [0.2, 0.25) is 0 Å². The maximum atomic E-state index is 12.7. The number of rotatable bonds is 5. The molecule has 0 saturated heterocycles. The van der Waals surface area contributed by atoms with Crippen LogP contribution < -0.4 is 10.1 Å². The van der Waals surface area contributed by atoms with Crippen molar-refractivity contribution < 1.29 is 9.53 Å². The van der Waals surface area contributed by atoms with Gasteiger partial charge in [-0.05, 0) is 48.9 Å². The number of amides is 1. The van der Waals surface area contributed by atoms with Crippen molar-refractivity contribution in [1.29, 1.82) is 0 Å². The van der Waals surface area contributed by atoms with E-state index >= 15 is 0 Å². The van der Waals surface area contributed by atoms with Gasteiger partial charge in [0.25, 0.3) is 5.91 Å². The molecule has 0 aliphatic carbocycles. The van der Waals surface area contributed by atoms with E-state index in [0.717, 1.165) is 22.8 Å². The third-order valence-corrected chi connectivity index (χ3v) is 4.37. The maximum Gasteiger partial charge on any atom is 0.274 e. The molecule has 0 aliphatic heterocycles. The van der Waals surface area contributed by atoms with Crippen molar-refractivity contribution in [3.8, 4) is 17.1 Å². The molecule has 0 bridgehead atoms. The Morgan fingerprint density at radius 1 is 1.11 bits per heavy atom. The lowest BCUT2D eigenvalue weighted by atomic mass is 10.2. The van der Waals surface area contributed by atoms with Crippen molar-refractivity contribution in [3.05, 3.63) is 72.2 Å². The number of methoxy groups -OCH3 is 1. The molecule has 1 N–H and O–H groups in total. The largest absolute Gasteiger partial charge is 0.497 e. The second kappa shape index (κ2) is 7.48. The van der Waals surface area contributed by atoms with Crippen LogP contribution in [-0.4, -0.2) is 32.6 Å². The maximum absolute atomic E-state index is 12.7. The Balaban J connectivity index is 1.67. The van der Waals surface area contributed by atoms with Crippen LogP contribution in [-0.2, 0) is 6.42 Å². The minimum atomic E-state index is -0.275. The molecule has 28 heavy (non-hydrogen) atoms. The number of ether oxygens (including phenoxy) is 1. The van der Waals surface area contributed by atoms with Crippen molar-refractivity contribution in [2.75, 3.05) is 12.4 Å². The molecule has 3 heterocycles. The summed E-state index contributed by atoms with van der Waals surface area (Å²) in [6, 6.07) is 16.4. The van der Waals surface area contributed by atoms with Crippen molar-refractivity contribution >= 4 is 17.2 Å². The average molecular weight is 373 g/mol. The fraction of sp³-hybridized carbons (Fsp3) is 0.143. The Hall–Kier alpha value is -3.74. The van der Waals surface area contributed by atoms with Gasteiger partial charge in [0.15, 0.2) is 5.65 Å². The minimum Gasteiger partial charge on any atom is -0.497 e. The molecule has 4 rings (SSSR count). The summed E-state index contributed by atoms with van der Waals surface area (Å²) in [6.07, 6.45) is 2.44. The molecule has 140 valence electrons. The molecule has 1 amide bonds. The summed E-state index contributed by atoms with van der Waals surface area (Å²) in [6.45, 7) is 2.02. The Morgan fingerprint density at radius 2 is 1.93 bits per heavy atom. The van der Waals surface area contributed by atoms with Crippen molar-refractivity contribution in [3.63, 3.8) is 0 Å². The van der Waals surface area contributed by atoms with Crippen LogP contribution in [0.25, 0.3) is 17.0 Å². The number of aromatic nitrogens is 4. The molecular formula is C21H19N5O2. The standard InChI is InChI=1S/C21H19N5O2/c1-3-15-12-19(21(27)23-14-7-9-16(28-2)10-8-14)24-20-13-18(25-26(15)20)17-6-4-5-11-22-17/h4-13H,3H2,1-2H3,(H,23,27). The highest BCUT2D eigenvalue weighted by molar-refractivity contribution is 6.03. The van der Waals surface area contributed by atoms with Gasteiger partial charge in [0.2, 0.25) is 0 Å². The van der Waals surface area contributed by atoms with Gasteiger partial charge in [-0.2, -0.15) is 5.10 Å². The van der Waals surface area contributed by atoms with Crippen LogP contribution in [0.1, 0.15) is 23.1 Å². The second-order valence-corrected chi connectivity index (χ2v) is 6.18. The molecule has 7 heteroatoms. The zero-order valence-corrected chi connectivity index (χ0v) is 15.6. The van der Waals surface area contributed by atoms with E-state index in [2.05, 4.69) is 20.4 Å². The Bertz CT molecular complexity index is 1120. The molecule has 0 atom stereocenters. The summed E-state index contributed by atoms with van der Waals surface area (Å²) in [7, 11) is 1.60. The molecule has 0 saturated carbocycles. The Labute approximate surface area is 162 Å². The average Bonchev–Trinajstić information content (AvgIpc) is 3.18. The number of hydrogen-bond donors (Lipinski definition) is 1. The highest BCUT2D eigenvalue weighted by Crippen LogP contribution is 2.20. The normalized spacial score (nSPS) is 10.8. The van der Waals surface area contributed by atoms with Crippen LogP contribution in [0.3, 0.4) is 0 Å². The van der Waals surface area contributed by atoms with E-state index in [1.54, 1.807) is 48.2 Å². The second-order valence-electron chi connectivity index (χ2n) is 6.18. The monoisotopic (exact) mass is 373 g/mol. The number of carbonyl (C=O) groups is 1. The Kier molecular flexibility index (Phi) is 4.72. The Morgan fingerprint density at radius 3 is 2.61 bits per heavy atom. The number of anilines is 1. The van der Waals surface area contributed by atoms with Crippen LogP contribution in [0, 0.1) is 0 Å². The topological polar surface area (TPSA) is 81.4 Å². The van der Waals surface area contributed by atoms with Crippen molar-refractivity contribution in [1.82, 2.24) is 19.6 Å². The van der Waals surface area contributed by atoms with E-state index < -0.39 is 0 Å². The lowest BCUT2D eigenvalue weighted by Gasteiger charge is -2.08. The zero-order valence-electron chi connectivity index (χ0n) is 15.6. The first-order chi connectivity index (χ1) is 13.7. The van der Waals surface area contributed by atoms with Gasteiger partial charge in [-0.1, -0.05) is 13.0 Å². The summed E-state index contributed by atoms with van der Waals surface area (Å²) in [5, 5.41) is 7.47. The quantitative estimate of drug-likeness (QED) is 0.578. The van der Waals surface area contributed by atoms with Crippen molar-refractivity contribution in [2.24, 2.45) is 0 Å². The number of nitrogens with one attached hydrogen (secondary N) is 1. The van der Waals surface area contributed by atoms with Gasteiger partial charge in [0.05, 0.1) is 12.8 Å². The van der Waals surface area contributed by atoms with Crippen LogP contribution in [0.4, 0.5) is 5.69 Å². The van der Waals surface area contributed by atoms with Gasteiger partial charge in [0.1, 0.15) is 17.1 Å². The van der Waals surface area contributed by atoms with E-state index in [1.165, 1.54) is 0 Å². The summed E-state index contributed by atoms with van der Waals surface area (Å²) in [5.74, 6) is 0.454. The van der Waals surface area contributed by atoms with E-state index in [4.69, 9.17) is 4.74 Å².